The highest BCUT2D eigenvalue weighted by Crippen LogP contribution is 2.54. The van der Waals surface area contributed by atoms with Gasteiger partial charge in [-0.3, -0.25) is 14.6 Å². The summed E-state index contributed by atoms with van der Waals surface area (Å²) < 4.78 is 6.02. The molecule has 2 aromatic rings. The molecular weight excluding hydrogens is 444 g/mol. The number of allylic oxidation sites excluding steroid dienone is 1. The SMILES string of the molecule is C[C@@H]1CCC[C@@]2(C)C[C@H]3OC(=O)[C@@H](CN4CCN(C(c5ccccc5)c5ccccc5)CC4)[C@@H]3C=C12. The van der Waals surface area contributed by atoms with Crippen molar-refractivity contribution in [2.75, 3.05) is 32.7 Å². The molecule has 4 heteroatoms. The normalized spacial score (nSPS) is 33.1. The molecule has 2 aliphatic heterocycles. The van der Waals surface area contributed by atoms with Crippen LogP contribution in [0.1, 0.15) is 56.7 Å². The van der Waals surface area contributed by atoms with E-state index < -0.39 is 0 Å². The van der Waals surface area contributed by atoms with Crippen molar-refractivity contribution in [1.29, 1.82) is 0 Å². The number of esters is 1. The maximum Gasteiger partial charge on any atom is 0.311 e. The van der Waals surface area contributed by atoms with Gasteiger partial charge in [-0.25, -0.2) is 0 Å². The highest BCUT2D eigenvalue weighted by Gasteiger charge is 2.52. The topological polar surface area (TPSA) is 32.8 Å². The Morgan fingerprint density at radius 2 is 1.61 bits per heavy atom. The molecule has 1 saturated carbocycles. The number of benzene rings is 2. The molecule has 36 heavy (non-hydrogen) atoms. The molecule has 0 N–H and O–H groups in total. The van der Waals surface area contributed by atoms with Crippen LogP contribution in [0, 0.1) is 23.2 Å². The quantitative estimate of drug-likeness (QED) is 0.402. The number of ether oxygens (including phenoxy) is 1. The zero-order valence-electron chi connectivity index (χ0n) is 21.8. The minimum absolute atomic E-state index is 0.0215. The lowest BCUT2D eigenvalue weighted by Crippen LogP contribution is -2.50. The fraction of sp³-hybridized carbons (Fsp3) is 0.531. The van der Waals surface area contributed by atoms with E-state index >= 15 is 0 Å². The molecular formula is C32H40N2O2. The van der Waals surface area contributed by atoms with Gasteiger partial charge in [-0.2, -0.15) is 0 Å². The molecule has 2 aromatic carbocycles. The first-order chi connectivity index (χ1) is 17.5. The summed E-state index contributed by atoms with van der Waals surface area (Å²) in [6.07, 6.45) is 7.39. The fourth-order valence-corrected chi connectivity index (χ4v) is 7.63. The van der Waals surface area contributed by atoms with E-state index in [0.29, 0.717) is 5.92 Å². The highest BCUT2D eigenvalue weighted by molar-refractivity contribution is 5.76. The average Bonchev–Trinajstić information content (AvgIpc) is 3.18. The first kappa shape index (κ1) is 23.9. The van der Waals surface area contributed by atoms with Gasteiger partial charge in [0.15, 0.2) is 0 Å². The van der Waals surface area contributed by atoms with Crippen molar-refractivity contribution in [1.82, 2.24) is 9.80 Å². The molecule has 190 valence electrons. The lowest BCUT2D eigenvalue weighted by molar-refractivity contribution is -0.145. The van der Waals surface area contributed by atoms with E-state index in [2.05, 4.69) is 90.4 Å². The van der Waals surface area contributed by atoms with E-state index in [1.54, 1.807) is 5.57 Å². The predicted octanol–water partition coefficient (Wildman–Crippen LogP) is 5.71. The number of piperazine rings is 1. The van der Waals surface area contributed by atoms with Gasteiger partial charge in [0.05, 0.1) is 12.0 Å². The molecule has 0 spiro atoms. The van der Waals surface area contributed by atoms with Crippen LogP contribution in [0.3, 0.4) is 0 Å². The van der Waals surface area contributed by atoms with Crippen molar-refractivity contribution < 1.29 is 9.53 Å². The minimum Gasteiger partial charge on any atom is -0.461 e. The van der Waals surface area contributed by atoms with Gasteiger partial charge in [0, 0.05) is 38.6 Å². The zero-order valence-corrected chi connectivity index (χ0v) is 21.8. The maximum absolute atomic E-state index is 13.1. The summed E-state index contributed by atoms with van der Waals surface area (Å²) in [6.45, 7) is 9.58. The summed E-state index contributed by atoms with van der Waals surface area (Å²) in [4.78, 5) is 18.2. The molecule has 3 fully saturated rings. The van der Waals surface area contributed by atoms with E-state index in [4.69, 9.17) is 4.74 Å². The number of nitrogens with zero attached hydrogens (tertiary/aromatic N) is 2. The summed E-state index contributed by atoms with van der Waals surface area (Å²) in [6, 6.07) is 22.0. The Bertz CT molecular complexity index is 1050. The third-order valence-corrected chi connectivity index (χ3v) is 9.54. The molecule has 4 nitrogen and oxygen atoms in total. The van der Waals surface area contributed by atoms with Crippen LogP contribution in [-0.4, -0.2) is 54.6 Å². The van der Waals surface area contributed by atoms with Crippen molar-refractivity contribution in [2.24, 2.45) is 23.2 Å². The van der Waals surface area contributed by atoms with Crippen molar-refractivity contribution in [3.63, 3.8) is 0 Å². The van der Waals surface area contributed by atoms with Gasteiger partial charge in [-0.05, 0) is 41.7 Å². The second-order valence-corrected chi connectivity index (χ2v) is 11.9. The molecule has 2 heterocycles. The van der Waals surface area contributed by atoms with Crippen LogP contribution in [0.25, 0.3) is 0 Å². The van der Waals surface area contributed by atoms with Crippen molar-refractivity contribution >= 4 is 5.97 Å². The Labute approximate surface area is 216 Å². The van der Waals surface area contributed by atoms with E-state index in [9.17, 15) is 4.79 Å². The Hall–Kier alpha value is -2.43. The molecule has 2 aliphatic carbocycles. The van der Waals surface area contributed by atoms with Crippen LogP contribution in [0.2, 0.25) is 0 Å². The van der Waals surface area contributed by atoms with E-state index in [1.165, 1.54) is 30.4 Å². The summed E-state index contributed by atoms with van der Waals surface area (Å²) in [5.41, 5.74) is 4.52. The predicted molar refractivity (Wildman–Crippen MR) is 143 cm³/mol. The number of hydrogen-bond donors (Lipinski definition) is 0. The molecule has 0 bridgehead atoms. The number of rotatable bonds is 5. The number of fused-ring (bicyclic) bond motifs is 2. The maximum atomic E-state index is 13.1. The van der Waals surface area contributed by atoms with Crippen LogP contribution in [0.5, 0.6) is 0 Å². The fourth-order valence-electron chi connectivity index (χ4n) is 7.63. The van der Waals surface area contributed by atoms with Gasteiger partial charge in [0.1, 0.15) is 6.10 Å². The summed E-state index contributed by atoms with van der Waals surface area (Å²) in [5, 5.41) is 0. The molecule has 6 rings (SSSR count). The minimum atomic E-state index is -0.0215. The Morgan fingerprint density at radius 1 is 0.972 bits per heavy atom. The molecule has 0 amide bonds. The lowest BCUT2D eigenvalue weighted by Gasteiger charge is -2.46. The van der Waals surface area contributed by atoms with Crippen molar-refractivity contribution in [3.8, 4) is 0 Å². The Kier molecular flexibility index (Phi) is 6.51. The third kappa shape index (κ3) is 4.43. The monoisotopic (exact) mass is 484 g/mol. The Morgan fingerprint density at radius 3 is 2.25 bits per heavy atom. The highest BCUT2D eigenvalue weighted by atomic mass is 16.6. The van der Waals surface area contributed by atoms with Gasteiger partial charge < -0.3 is 4.74 Å². The van der Waals surface area contributed by atoms with Crippen LogP contribution in [0.15, 0.2) is 72.3 Å². The Balaban J connectivity index is 1.15. The first-order valence-electron chi connectivity index (χ1n) is 14.0. The molecule has 2 saturated heterocycles. The molecule has 4 aliphatic rings. The van der Waals surface area contributed by atoms with Gasteiger partial charge >= 0.3 is 5.97 Å². The smallest absolute Gasteiger partial charge is 0.311 e. The second-order valence-electron chi connectivity index (χ2n) is 11.9. The first-order valence-corrected chi connectivity index (χ1v) is 14.0. The average molecular weight is 485 g/mol. The van der Waals surface area contributed by atoms with Crippen LogP contribution in [-0.2, 0) is 9.53 Å². The second kappa shape index (κ2) is 9.79. The van der Waals surface area contributed by atoms with Gasteiger partial charge in [-0.15, -0.1) is 0 Å². The third-order valence-electron chi connectivity index (χ3n) is 9.54. The lowest BCUT2D eigenvalue weighted by atomic mass is 9.59. The van der Waals surface area contributed by atoms with Gasteiger partial charge in [0.2, 0.25) is 0 Å². The molecule has 0 unspecified atom stereocenters. The van der Waals surface area contributed by atoms with Crippen LogP contribution < -0.4 is 0 Å². The number of hydrogen-bond acceptors (Lipinski definition) is 4. The van der Waals surface area contributed by atoms with E-state index in [1.807, 2.05) is 0 Å². The van der Waals surface area contributed by atoms with Crippen molar-refractivity contribution in [3.05, 3.63) is 83.4 Å². The number of carbonyl (C=O) groups excluding carboxylic acids is 1. The van der Waals surface area contributed by atoms with Gasteiger partial charge in [-0.1, -0.05) is 92.6 Å². The molecule has 5 atom stereocenters. The molecule has 0 aromatic heterocycles. The number of carbonyl (C=O) groups is 1. The van der Waals surface area contributed by atoms with Crippen LogP contribution >= 0.6 is 0 Å². The summed E-state index contributed by atoms with van der Waals surface area (Å²) in [7, 11) is 0. The van der Waals surface area contributed by atoms with Gasteiger partial charge in [0.25, 0.3) is 0 Å². The standard InChI is InChI=1S/C32H40N2O2/c1-23-10-9-15-32(2)21-29-26(20-28(23)32)27(31(35)36-29)22-33-16-18-34(19-17-33)30(24-11-5-3-6-12-24)25-13-7-4-8-14-25/h3-8,11-14,20,23,26-27,29-30H,9-10,15-19,21-22H2,1-2H3/t23-,26+,27+,29-,32+/m1/s1. The van der Waals surface area contributed by atoms with Crippen LogP contribution in [0.4, 0.5) is 0 Å². The zero-order chi connectivity index (χ0) is 24.7. The van der Waals surface area contributed by atoms with E-state index in [0.717, 1.165) is 39.1 Å². The van der Waals surface area contributed by atoms with E-state index in [-0.39, 0.29) is 35.4 Å². The van der Waals surface area contributed by atoms with Crippen molar-refractivity contribution in [2.45, 2.75) is 51.7 Å². The largest absolute Gasteiger partial charge is 0.461 e. The summed E-state index contributed by atoms with van der Waals surface area (Å²) in [5.74, 6) is 0.899. The summed E-state index contributed by atoms with van der Waals surface area (Å²) >= 11 is 0. The molecule has 0 radical (unpaired) electrons.